The highest BCUT2D eigenvalue weighted by molar-refractivity contribution is 5.98. The van der Waals surface area contributed by atoms with Crippen LogP contribution in [0.5, 0.6) is 5.75 Å². The first-order chi connectivity index (χ1) is 13.5. The van der Waals surface area contributed by atoms with Gasteiger partial charge in [0.2, 0.25) is 5.91 Å². The van der Waals surface area contributed by atoms with Crippen LogP contribution in [0.25, 0.3) is 0 Å². The molecule has 0 atom stereocenters. The number of rotatable bonds is 5. The molecule has 1 N–H and O–H groups in total. The average Bonchev–Trinajstić information content (AvgIpc) is 3.10. The van der Waals surface area contributed by atoms with Crippen molar-refractivity contribution in [3.63, 3.8) is 0 Å². The topological polar surface area (TPSA) is 75.0 Å². The number of carbonyl (C=O) groups excluding carboxylic acids is 1. The SMILES string of the molecule is CN=C(NCCOc1c(C)cccc1C)N1CCN(c2cnn(C)c2)C(=O)C1. The normalized spacial score (nSPS) is 15.1. The Labute approximate surface area is 165 Å². The predicted molar refractivity (Wildman–Crippen MR) is 110 cm³/mol. The molecule has 1 aliphatic rings. The monoisotopic (exact) mass is 384 g/mol. The lowest BCUT2D eigenvalue weighted by Crippen LogP contribution is -2.55. The van der Waals surface area contributed by atoms with Gasteiger partial charge in [-0.3, -0.25) is 14.5 Å². The number of para-hydroxylation sites is 1. The van der Waals surface area contributed by atoms with E-state index in [2.05, 4.69) is 15.4 Å². The highest BCUT2D eigenvalue weighted by atomic mass is 16.5. The van der Waals surface area contributed by atoms with Crippen molar-refractivity contribution in [1.29, 1.82) is 0 Å². The molecule has 0 bridgehead atoms. The van der Waals surface area contributed by atoms with E-state index in [1.54, 1.807) is 22.8 Å². The molecule has 1 fully saturated rings. The number of aryl methyl sites for hydroxylation is 3. The summed E-state index contributed by atoms with van der Waals surface area (Å²) in [6.45, 7) is 6.81. The first kappa shape index (κ1) is 19.7. The molecule has 0 unspecified atom stereocenters. The van der Waals surface area contributed by atoms with Gasteiger partial charge >= 0.3 is 0 Å². The third-order valence-corrected chi connectivity index (χ3v) is 4.78. The molecule has 2 aromatic rings. The highest BCUT2D eigenvalue weighted by Gasteiger charge is 2.27. The smallest absolute Gasteiger partial charge is 0.246 e. The Morgan fingerprint density at radius 2 is 2.04 bits per heavy atom. The van der Waals surface area contributed by atoms with Crippen molar-refractivity contribution in [2.75, 3.05) is 44.7 Å². The number of aromatic nitrogens is 2. The number of piperazine rings is 1. The zero-order valence-corrected chi connectivity index (χ0v) is 17.0. The Balaban J connectivity index is 1.50. The van der Waals surface area contributed by atoms with Crippen LogP contribution in [0, 0.1) is 13.8 Å². The molecule has 8 nitrogen and oxygen atoms in total. The van der Waals surface area contributed by atoms with Crippen LogP contribution in [0.2, 0.25) is 0 Å². The average molecular weight is 384 g/mol. The lowest BCUT2D eigenvalue weighted by molar-refractivity contribution is -0.120. The molecule has 1 saturated heterocycles. The maximum atomic E-state index is 12.6. The van der Waals surface area contributed by atoms with Gasteiger partial charge in [-0.15, -0.1) is 0 Å². The Bertz CT molecular complexity index is 840. The molecule has 0 aliphatic carbocycles. The number of anilines is 1. The second-order valence-electron chi connectivity index (χ2n) is 6.88. The molecule has 0 saturated carbocycles. The minimum absolute atomic E-state index is 0.0361. The summed E-state index contributed by atoms with van der Waals surface area (Å²) < 4.78 is 7.63. The quantitative estimate of drug-likeness (QED) is 0.478. The number of nitrogens with zero attached hydrogens (tertiary/aromatic N) is 5. The van der Waals surface area contributed by atoms with Gasteiger partial charge in [-0.2, -0.15) is 5.10 Å². The van der Waals surface area contributed by atoms with Gasteiger partial charge in [0.25, 0.3) is 0 Å². The van der Waals surface area contributed by atoms with Crippen molar-refractivity contribution >= 4 is 17.6 Å². The molecule has 0 spiro atoms. The molecule has 150 valence electrons. The van der Waals surface area contributed by atoms with E-state index in [4.69, 9.17) is 4.74 Å². The summed E-state index contributed by atoms with van der Waals surface area (Å²) in [7, 11) is 3.57. The zero-order chi connectivity index (χ0) is 20.1. The third-order valence-electron chi connectivity index (χ3n) is 4.78. The van der Waals surface area contributed by atoms with Crippen LogP contribution < -0.4 is 15.0 Å². The molecule has 1 aromatic carbocycles. The first-order valence-electron chi connectivity index (χ1n) is 9.43. The summed E-state index contributed by atoms with van der Waals surface area (Å²) >= 11 is 0. The maximum Gasteiger partial charge on any atom is 0.246 e. The highest BCUT2D eigenvalue weighted by Crippen LogP contribution is 2.22. The van der Waals surface area contributed by atoms with E-state index in [-0.39, 0.29) is 12.5 Å². The number of amides is 1. The van der Waals surface area contributed by atoms with Crippen LogP contribution in [-0.2, 0) is 11.8 Å². The zero-order valence-electron chi connectivity index (χ0n) is 17.0. The summed E-state index contributed by atoms with van der Waals surface area (Å²) in [4.78, 5) is 20.6. The van der Waals surface area contributed by atoms with Gasteiger partial charge in [-0.05, 0) is 25.0 Å². The first-order valence-corrected chi connectivity index (χ1v) is 9.43. The number of guanidine groups is 1. The fraction of sp³-hybridized carbons (Fsp3) is 0.450. The van der Waals surface area contributed by atoms with E-state index < -0.39 is 0 Å². The molecule has 2 heterocycles. The van der Waals surface area contributed by atoms with E-state index >= 15 is 0 Å². The number of carbonyl (C=O) groups is 1. The fourth-order valence-electron chi connectivity index (χ4n) is 3.35. The van der Waals surface area contributed by atoms with Gasteiger partial charge in [-0.25, -0.2) is 0 Å². The van der Waals surface area contributed by atoms with Crippen LogP contribution in [-0.4, -0.2) is 66.4 Å². The Morgan fingerprint density at radius 3 is 2.64 bits per heavy atom. The van der Waals surface area contributed by atoms with E-state index in [1.807, 2.05) is 50.2 Å². The fourth-order valence-corrected chi connectivity index (χ4v) is 3.35. The summed E-state index contributed by atoms with van der Waals surface area (Å²) in [5, 5.41) is 7.43. The van der Waals surface area contributed by atoms with Crippen LogP contribution in [0.3, 0.4) is 0 Å². The Morgan fingerprint density at radius 1 is 1.29 bits per heavy atom. The van der Waals surface area contributed by atoms with Gasteiger partial charge in [0.1, 0.15) is 18.9 Å². The molecule has 28 heavy (non-hydrogen) atoms. The lowest BCUT2D eigenvalue weighted by Gasteiger charge is -2.35. The number of hydrogen-bond acceptors (Lipinski definition) is 4. The van der Waals surface area contributed by atoms with Crippen LogP contribution >= 0.6 is 0 Å². The van der Waals surface area contributed by atoms with E-state index in [1.165, 1.54) is 0 Å². The van der Waals surface area contributed by atoms with Crippen molar-refractivity contribution < 1.29 is 9.53 Å². The van der Waals surface area contributed by atoms with Crippen molar-refractivity contribution in [3.8, 4) is 5.75 Å². The molecular formula is C20H28N6O2. The summed E-state index contributed by atoms with van der Waals surface area (Å²) in [6.07, 6.45) is 3.57. The summed E-state index contributed by atoms with van der Waals surface area (Å²) in [6, 6.07) is 6.11. The number of aliphatic imine (C=N–C) groups is 1. The largest absolute Gasteiger partial charge is 0.491 e. The predicted octanol–water partition coefficient (Wildman–Crippen LogP) is 1.34. The van der Waals surface area contributed by atoms with E-state index in [9.17, 15) is 4.79 Å². The minimum Gasteiger partial charge on any atom is -0.491 e. The molecule has 1 aliphatic heterocycles. The van der Waals surface area contributed by atoms with Gasteiger partial charge in [-0.1, -0.05) is 18.2 Å². The molecule has 1 amide bonds. The lowest BCUT2D eigenvalue weighted by atomic mass is 10.1. The number of ether oxygens (including phenoxy) is 1. The molecular weight excluding hydrogens is 356 g/mol. The molecule has 8 heteroatoms. The second kappa shape index (κ2) is 8.77. The van der Waals surface area contributed by atoms with Crippen molar-refractivity contribution in [2.45, 2.75) is 13.8 Å². The van der Waals surface area contributed by atoms with Crippen molar-refractivity contribution in [1.82, 2.24) is 20.0 Å². The van der Waals surface area contributed by atoms with Crippen LogP contribution in [0.15, 0.2) is 35.6 Å². The van der Waals surface area contributed by atoms with Gasteiger partial charge in [0.05, 0.1) is 18.4 Å². The van der Waals surface area contributed by atoms with Crippen LogP contribution in [0.1, 0.15) is 11.1 Å². The second-order valence-corrected chi connectivity index (χ2v) is 6.88. The summed E-state index contributed by atoms with van der Waals surface area (Å²) in [5.41, 5.74) is 3.08. The standard InChI is InChI=1S/C20H28N6O2/c1-15-6-5-7-16(2)19(15)28-11-8-22-20(21-3)25-9-10-26(18(27)14-25)17-12-23-24(4)13-17/h5-7,12-13H,8-11,14H2,1-4H3,(H,21,22). The van der Waals surface area contributed by atoms with Crippen molar-refractivity contribution in [2.24, 2.45) is 12.0 Å². The molecule has 3 rings (SSSR count). The Hall–Kier alpha value is -3.03. The van der Waals surface area contributed by atoms with Crippen molar-refractivity contribution in [3.05, 3.63) is 41.7 Å². The maximum absolute atomic E-state index is 12.6. The molecule has 0 radical (unpaired) electrons. The van der Waals surface area contributed by atoms with Gasteiger partial charge in [0.15, 0.2) is 5.96 Å². The number of hydrogen-bond donors (Lipinski definition) is 1. The number of nitrogens with one attached hydrogen (secondary N) is 1. The minimum atomic E-state index is 0.0361. The molecule has 1 aromatic heterocycles. The van der Waals surface area contributed by atoms with Gasteiger partial charge < -0.3 is 19.9 Å². The summed E-state index contributed by atoms with van der Waals surface area (Å²) in [5.74, 6) is 1.68. The third kappa shape index (κ3) is 4.44. The Kier molecular flexibility index (Phi) is 6.18. The van der Waals surface area contributed by atoms with E-state index in [0.29, 0.717) is 32.2 Å². The number of benzene rings is 1. The van der Waals surface area contributed by atoms with Crippen LogP contribution in [0.4, 0.5) is 5.69 Å². The van der Waals surface area contributed by atoms with Gasteiger partial charge in [0, 0.05) is 33.4 Å². The van der Waals surface area contributed by atoms with E-state index in [0.717, 1.165) is 22.6 Å².